The number of carbonyl (C=O) groups is 2. The van der Waals surface area contributed by atoms with Crippen molar-refractivity contribution in [3.8, 4) is 0 Å². The van der Waals surface area contributed by atoms with Crippen LogP contribution in [0.25, 0.3) is 0 Å². The van der Waals surface area contributed by atoms with E-state index in [1.807, 2.05) is 0 Å². The number of aliphatic hydroxyl groups excluding tert-OH is 1. The Kier molecular flexibility index (Phi) is 48.6. The number of hydrogen-bond acceptors (Lipinski definition) is 6. The fraction of sp³-hybridized carbons (Fsp3) is 0.963. The van der Waals surface area contributed by atoms with Crippen molar-refractivity contribution in [3.05, 3.63) is 0 Å². The van der Waals surface area contributed by atoms with Crippen LogP contribution in [0.3, 0.4) is 0 Å². The number of carbonyl (C=O) groups excluding carboxylic acids is 2. The minimum absolute atomic E-state index is 0.295. The molecule has 0 saturated carbocycles. The summed E-state index contributed by atoms with van der Waals surface area (Å²) in [5.74, 6) is 0.872. The lowest BCUT2D eigenvalue weighted by Crippen LogP contribution is -2.32. The third-order valence-corrected chi connectivity index (χ3v) is 12.9. The molecule has 0 aliphatic heterocycles. The molecule has 0 heterocycles. The van der Waals surface area contributed by atoms with E-state index >= 15 is 0 Å². The van der Waals surface area contributed by atoms with E-state index < -0.39 is 6.16 Å². The zero-order valence-electron chi connectivity index (χ0n) is 41.8. The van der Waals surface area contributed by atoms with Crippen LogP contribution in [-0.2, 0) is 14.3 Å². The molecule has 0 fully saturated rings. The molecule has 0 radical (unpaired) electrons. The summed E-state index contributed by atoms with van der Waals surface area (Å²) in [6, 6.07) is 0. The second-order valence-corrected chi connectivity index (χ2v) is 18.9. The van der Waals surface area contributed by atoms with Gasteiger partial charge in [0.05, 0.1) is 13.2 Å². The van der Waals surface area contributed by atoms with Crippen LogP contribution < -0.4 is 0 Å². The Morgan fingerprint density at radius 1 is 0.410 bits per heavy atom. The Bertz CT molecular complexity index is 868. The number of nitrogens with zero attached hydrogens (tertiary/aromatic N) is 2. The van der Waals surface area contributed by atoms with Gasteiger partial charge in [0, 0.05) is 26.1 Å². The summed E-state index contributed by atoms with van der Waals surface area (Å²) >= 11 is 0. The maximum absolute atomic E-state index is 13.4. The number of unbranched alkanes of at least 4 members (excludes halogenated alkanes) is 29. The molecule has 7 heteroatoms. The lowest BCUT2D eigenvalue weighted by Gasteiger charge is -2.23. The van der Waals surface area contributed by atoms with Gasteiger partial charge < -0.3 is 24.4 Å². The fourth-order valence-electron chi connectivity index (χ4n) is 8.69. The predicted molar refractivity (Wildman–Crippen MR) is 264 cm³/mol. The van der Waals surface area contributed by atoms with E-state index in [2.05, 4.69) is 37.5 Å². The maximum atomic E-state index is 13.4. The van der Waals surface area contributed by atoms with Gasteiger partial charge in [0.25, 0.3) is 0 Å². The van der Waals surface area contributed by atoms with Crippen molar-refractivity contribution in [1.82, 2.24) is 9.80 Å². The van der Waals surface area contributed by atoms with Gasteiger partial charge in [0.15, 0.2) is 0 Å². The first-order valence-corrected chi connectivity index (χ1v) is 27.4. The van der Waals surface area contributed by atoms with Gasteiger partial charge in [0.1, 0.15) is 0 Å². The van der Waals surface area contributed by atoms with Crippen molar-refractivity contribution in [2.24, 2.45) is 5.92 Å². The van der Waals surface area contributed by atoms with Gasteiger partial charge in [-0.05, 0) is 96.2 Å². The van der Waals surface area contributed by atoms with Crippen molar-refractivity contribution in [1.29, 1.82) is 0 Å². The van der Waals surface area contributed by atoms with E-state index in [1.165, 1.54) is 186 Å². The lowest BCUT2D eigenvalue weighted by molar-refractivity contribution is -0.131. The van der Waals surface area contributed by atoms with Crippen LogP contribution in [-0.4, -0.2) is 79.5 Å². The van der Waals surface area contributed by atoms with Gasteiger partial charge in [-0.2, -0.15) is 0 Å². The Labute approximate surface area is 381 Å². The van der Waals surface area contributed by atoms with E-state index in [0.29, 0.717) is 31.6 Å². The van der Waals surface area contributed by atoms with Crippen LogP contribution in [0.5, 0.6) is 0 Å². The second-order valence-electron chi connectivity index (χ2n) is 18.9. The summed E-state index contributed by atoms with van der Waals surface area (Å²) < 4.78 is 10.9. The summed E-state index contributed by atoms with van der Waals surface area (Å²) in [5.41, 5.74) is 0. The molecule has 0 aliphatic rings. The quantitative estimate of drug-likeness (QED) is 0.0485. The predicted octanol–water partition coefficient (Wildman–Crippen LogP) is 16.2. The molecule has 1 atom stereocenters. The molecule has 0 aromatic heterocycles. The molecule has 0 spiro atoms. The van der Waals surface area contributed by atoms with Crippen LogP contribution in [0, 0.1) is 5.92 Å². The Morgan fingerprint density at radius 2 is 0.787 bits per heavy atom. The molecule has 0 bridgehead atoms. The molecule has 1 unspecified atom stereocenters. The van der Waals surface area contributed by atoms with Gasteiger partial charge in [-0.15, -0.1) is 0 Å². The molecule has 0 aliphatic carbocycles. The number of aliphatic hydroxyl groups is 1. The topological polar surface area (TPSA) is 79.3 Å². The first kappa shape index (κ1) is 59.7. The minimum Gasteiger partial charge on any atom is -0.434 e. The highest BCUT2D eigenvalue weighted by Gasteiger charge is 2.14. The van der Waals surface area contributed by atoms with Gasteiger partial charge in [-0.3, -0.25) is 4.79 Å². The SMILES string of the molecule is CCCCCCCCCCN(CCCCCCCCCC)C(=O)CCCCCCCN(CCCCCO)CCCCCCCCOC(=O)OCC(CCCC)CCCCCC. The summed E-state index contributed by atoms with van der Waals surface area (Å²) in [6.45, 7) is 15.7. The van der Waals surface area contributed by atoms with Crippen molar-refractivity contribution in [2.45, 2.75) is 278 Å². The highest BCUT2D eigenvalue weighted by atomic mass is 16.7. The number of hydrogen-bond donors (Lipinski definition) is 1. The molecule has 0 aromatic rings. The van der Waals surface area contributed by atoms with Crippen LogP contribution >= 0.6 is 0 Å². The van der Waals surface area contributed by atoms with E-state index in [1.54, 1.807) is 0 Å². The zero-order valence-corrected chi connectivity index (χ0v) is 41.8. The second kappa shape index (κ2) is 49.7. The average molecular weight is 865 g/mol. The Hall–Kier alpha value is -1.34. The Morgan fingerprint density at radius 3 is 1.26 bits per heavy atom. The highest BCUT2D eigenvalue weighted by Crippen LogP contribution is 2.19. The number of rotatable bonds is 50. The average Bonchev–Trinajstić information content (AvgIpc) is 3.26. The molecule has 364 valence electrons. The van der Waals surface area contributed by atoms with Crippen molar-refractivity contribution in [2.75, 3.05) is 52.5 Å². The standard InChI is InChI=1S/C54H108N2O5/c1-5-9-13-16-18-20-28-37-47-56(48-38-29-21-19-17-14-10-6-2)53(58)43-33-25-24-27-35-45-55(46-36-31-39-49-57)44-34-26-22-23-30-40-50-60-54(59)61-51-52(41-12-8-4)42-32-15-11-7-3/h52,57H,5-51H2,1-4H3. The normalized spacial score (nSPS) is 12.0. The first-order valence-electron chi connectivity index (χ1n) is 27.4. The van der Waals surface area contributed by atoms with E-state index in [-0.39, 0.29) is 0 Å². The smallest absolute Gasteiger partial charge is 0.434 e. The first-order chi connectivity index (χ1) is 30.0. The van der Waals surface area contributed by atoms with E-state index in [0.717, 1.165) is 96.9 Å². The lowest BCUT2D eigenvalue weighted by atomic mass is 9.96. The monoisotopic (exact) mass is 865 g/mol. The van der Waals surface area contributed by atoms with Crippen molar-refractivity contribution < 1.29 is 24.2 Å². The Balaban J connectivity index is 4.34. The van der Waals surface area contributed by atoms with Gasteiger partial charge in [-0.1, -0.05) is 201 Å². The summed E-state index contributed by atoms with van der Waals surface area (Å²) in [6.07, 6.45) is 47.0. The van der Waals surface area contributed by atoms with Crippen LogP contribution in [0.1, 0.15) is 278 Å². The van der Waals surface area contributed by atoms with E-state index in [9.17, 15) is 14.7 Å². The molecule has 0 rings (SSSR count). The number of ether oxygens (including phenoxy) is 2. The minimum atomic E-state index is -0.486. The number of amides is 1. The molecule has 1 N–H and O–H groups in total. The molecular formula is C54H108N2O5. The van der Waals surface area contributed by atoms with Gasteiger partial charge >= 0.3 is 6.16 Å². The molecule has 7 nitrogen and oxygen atoms in total. The summed E-state index contributed by atoms with van der Waals surface area (Å²) in [5, 5.41) is 9.26. The van der Waals surface area contributed by atoms with Crippen molar-refractivity contribution >= 4 is 12.1 Å². The van der Waals surface area contributed by atoms with Crippen LogP contribution in [0.2, 0.25) is 0 Å². The molecule has 1 amide bonds. The largest absolute Gasteiger partial charge is 0.508 e. The summed E-state index contributed by atoms with van der Waals surface area (Å²) in [4.78, 5) is 30.5. The molecule has 61 heavy (non-hydrogen) atoms. The fourth-order valence-corrected chi connectivity index (χ4v) is 8.69. The molecule has 0 aromatic carbocycles. The maximum Gasteiger partial charge on any atom is 0.508 e. The summed E-state index contributed by atoms with van der Waals surface area (Å²) in [7, 11) is 0. The van der Waals surface area contributed by atoms with Gasteiger partial charge in [0.2, 0.25) is 5.91 Å². The van der Waals surface area contributed by atoms with Crippen LogP contribution in [0.15, 0.2) is 0 Å². The molecule has 0 saturated heterocycles. The van der Waals surface area contributed by atoms with E-state index in [4.69, 9.17) is 9.47 Å². The zero-order chi connectivity index (χ0) is 44.5. The van der Waals surface area contributed by atoms with Crippen LogP contribution in [0.4, 0.5) is 4.79 Å². The highest BCUT2D eigenvalue weighted by molar-refractivity contribution is 5.76. The van der Waals surface area contributed by atoms with Gasteiger partial charge in [-0.25, -0.2) is 4.79 Å². The van der Waals surface area contributed by atoms with Crippen molar-refractivity contribution in [3.63, 3.8) is 0 Å². The third kappa shape index (κ3) is 43.7. The third-order valence-electron chi connectivity index (χ3n) is 12.9. The molecular weight excluding hydrogens is 757 g/mol.